The van der Waals surface area contributed by atoms with E-state index in [0.717, 1.165) is 6.42 Å². The monoisotopic (exact) mass is 355 g/mol. The number of hydrogen-bond acceptors (Lipinski definition) is 6. The van der Waals surface area contributed by atoms with Crippen molar-refractivity contribution >= 4 is 11.9 Å². The molecule has 2 aromatic rings. The lowest BCUT2D eigenvalue weighted by molar-refractivity contribution is -0.136. The van der Waals surface area contributed by atoms with E-state index in [-0.39, 0.29) is 11.1 Å². The lowest BCUT2D eigenvalue weighted by atomic mass is 9.76. The van der Waals surface area contributed by atoms with Crippen LogP contribution in [-0.4, -0.2) is 38.7 Å². The van der Waals surface area contributed by atoms with Gasteiger partial charge in [0.15, 0.2) is 11.5 Å². The van der Waals surface area contributed by atoms with Gasteiger partial charge in [0.05, 0.1) is 12.7 Å². The van der Waals surface area contributed by atoms with Crippen molar-refractivity contribution in [2.24, 2.45) is 5.41 Å². The van der Waals surface area contributed by atoms with Crippen molar-refractivity contribution < 1.29 is 14.3 Å². The fraction of sp³-hybridized carbons (Fsp3) is 0.389. The van der Waals surface area contributed by atoms with Crippen molar-refractivity contribution in [3.8, 4) is 5.82 Å². The lowest BCUT2D eigenvalue weighted by Crippen LogP contribution is -2.33. The summed E-state index contributed by atoms with van der Waals surface area (Å²) in [6, 6.07) is 3.27. The molecule has 8 heteroatoms. The Morgan fingerprint density at radius 2 is 2.08 bits per heavy atom. The second kappa shape index (κ2) is 7.07. The summed E-state index contributed by atoms with van der Waals surface area (Å²) in [7, 11) is 1.34. The Bertz CT molecular complexity index is 838. The second-order valence-corrected chi connectivity index (χ2v) is 6.99. The van der Waals surface area contributed by atoms with Crippen molar-refractivity contribution in [1.82, 2.24) is 25.1 Å². The molecule has 0 unspecified atom stereocenters. The third kappa shape index (κ3) is 3.79. The Kier molecular flexibility index (Phi) is 4.83. The molecule has 0 saturated heterocycles. The summed E-state index contributed by atoms with van der Waals surface area (Å²) < 4.78 is 6.54. The molecule has 3 rings (SSSR count). The minimum Gasteiger partial charge on any atom is -0.466 e. The van der Waals surface area contributed by atoms with Gasteiger partial charge in [0.1, 0.15) is 6.33 Å². The number of nitrogens with zero attached hydrogens (tertiary/aromatic N) is 4. The van der Waals surface area contributed by atoms with E-state index >= 15 is 0 Å². The standard InChI is InChI=1S/C18H21N5O3/c1-18(2)7-6-12(17(25)26-3)14(10-18)20-16(24)13-4-5-15(22-21-13)23-9-8-19-11-23/h4-5,8-9,11H,6-7,10H2,1-3H3,(H,20,24). The number of methoxy groups -OCH3 is 1. The molecule has 2 aromatic heterocycles. The summed E-state index contributed by atoms with van der Waals surface area (Å²) in [5, 5.41) is 10.8. The SMILES string of the molecule is COC(=O)C1=C(NC(=O)c2ccc(-n3ccnc3)nn2)CC(C)(C)CC1. The van der Waals surface area contributed by atoms with Crippen molar-refractivity contribution in [2.75, 3.05) is 7.11 Å². The first kappa shape index (κ1) is 17.8. The number of amides is 1. The van der Waals surface area contributed by atoms with Gasteiger partial charge >= 0.3 is 5.97 Å². The molecule has 1 aliphatic rings. The van der Waals surface area contributed by atoms with Gasteiger partial charge in [0, 0.05) is 18.1 Å². The first-order chi connectivity index (χ1) is 12.4. The van der Waals surface area contributed by atoms with Gasteiger partial charge in [0.2, 0.25) is 0 Å². The number of allylic oxidation sites excluding steroid dienone is 1. The highest BCUT2D eigenvalue weighted by Gasteiger charge is 2.31. The summed E-state index contributed by atoms with van der Waals surface area (Å²) in [5.74, 6) is -0.242. The van der Waals surface area contributed by atoms with Gasteiger partial charge < -0.3 is 10.1 Å². The van der Waals surface area contributed by atoms with Crippen molar-refractivity contribution in [3.63, 3.8) is 0 Å². The topological polar surface area (TPSA) is 99.0 Å². The second-order valence-electron chi connectivity index (χ2n) is 6.99. The molecule has 0 atom stereocenters. The van der Waals surface area contributed by atoms with Crippen LogP contribution in [0.15, 0.2) is 42.1 Å². The van der Waals surface area contributed by atoms with Crippen LogP contribution in [0.5, 0.6) is 0 Å². The zero-order valence-corrected chi connectivity index (χ0v) is 15.0. The third-order valence-corrected chi connectivity index (χ3v) is 4.42. The predicted octanol–water partition coefficient (Wildman–Crippen LogP) is 2.03. The summed E-state index contributed by atoms with van der Waals surface area (Å²) in [4.78, 5) is 28.5. The molecular weight excluding hydrogens is 334 g/mol. The molecular formula is C18H21N5O3. The highest BCUT2D eigenvalue weighted by Crippen LogP contribution is 2.38. The average Bonchev–Trinajstić information content (AvgIpc) is 3.15. The number of esters is 1. The maximum absolute atomic E-state index is 12.6. The van der Waals surface area contributed by atoms with Crippen LogP contribution in [0.4, 0.5) is 0 Å². The Labute approximate surface area is 151 Å². The molecule has 0 bridgehead atoms. The van der Waals surface area contributed by atoms with Gasteiger partial charge in [0.25, 0.3) is 5.91 Å². The number of carbonyl (C=O) groups excluding carboxylic acids is 2. The van der Waals surface area contributed by atoms with E-state index in [4.69, 9.17) is 4.74 Å². The Morgan fingerprint density at radius 1 is 1.27 bits per heavy atom. The van der Waals surface area contributed by atoms with Crippen molar-refractivity contribution in [3.05, 3.63) is 47.8 Å². The van der Waals surface area contributed by atoms with E-state index in [9.17, 15) is 9.59 Å². The van der Waals surface area contributed by atoms with Crippen LogP contribution < -0.4 is 5.32 Å². The van der Waals surface area contributed by atoms with Crippen LogP contribution in [0.25, 0.3) is 5.82 Å². The molecule has 0 spiro atoms. The molecule has 2 heterocycles. The highest BCUT2D eigenvalue weighted by atomic mass is 16.5. The maximum atomic E-state index is 12.6. The number of rotatable bonds is 4. The molecule has 1 aliphatic carbocycles. The minimum atomic E-state index is -0.405. The molecule has 1 amide bonds. The molecule has 0 aromatic carbocycles. The van der Waals surface area contributed by atoms with E-state index in [1.165, 1.54) is 7.11 Å². The summed E-state index contributed by atoms with van der Waals surface area (Å²) in [6.45, 7) is 4.21. The van der Waals surface area contributed by atoms with Gasteiger partial charge in [-0.2, -0.15) is 0 Å². The highest BCUT2D eigenvalue weighted by molar-refractivity contribution is 5.96. The fourth-order valence-corrected chi connectivity index (χ4v) is 2.94. The van der Waals surface area contributed by atoms with Crippen molar-refractivity contribution in [2.45, 2.75) is 33.1 Å². The Morgan fingerprint density at radius 3 is 2.69 bits per heavy atom. The number of carbonyl (C=O) groups is 2. The van der Waals surface area contributed by atoms with Crippen molar-refractivity contribution in [1.29, 1.82) is 0 Å². The molecule has 8 nitrogen and oxygen atoms in total. The minimum absolute atomic E-state index is 0.00288. The van der Waals surface area contributed by atoms with E-state index in [1.54, 1.807) is 35.4 Å². The maximum Gasteiger partial charge on any atom is 0.335 e. The number of hydrogen-bond donors (Lipinski definition) is 1. The summed E-state index contributed by atoms with van der Waals surface area (Å²) in [6.07, 6.45) is 6.98. The van der Waals surface area contributed by atoms with Gasteiger partial charge in [-0.15, -0.1) is 10.2 Å². The van der Waals surface area contributed by atoms with Crippen LogP contribution in [0, 0.1) is 5.41 Å². The average molecular weight is 355 g/mol. The molecule has 0 aliphatic heterocycles. The molecule has 0 fully saturated rings. The van der Waals surface area contributed by atoms with E-state index < -0.39 is 11.9 Å². The van der Waals surface area contributed by atoms with Crippen LogP contribution >= 0.6 is 0 Å². The fourth-order valence-electron chi connectivity index (χ4n) is 2.94. The van der Waals surface area contributed by atoms with Crippen LogP contribution in [0.3, 0.4) is 0 Å². The Hall–Kier alpha value is -3.03. The quantitative estimate of drug-likeness (QED) is 0.843. The normalized spacial score (nSPS) is 16.3. The first-order valence-electron chi connectivity index (χ1n) is 8.33. The lowest BCUT2D eigenvalue weighted by Gasteiger charge is -2.32. The van der Waals surface area contributed by atoms with Crippen LogP contribution in [0.1, 0.15) is 43.6 Å². The smallest absolute Gasteiger partial charge is 0.335 e. The van der Waals surface area contributed by atoms with Gasteiger partial charge in [-0.25, -0.2) is 9.78 Å². The third-order valence-electron chi connectivity index (χ3n) is 4.42. The first-order valence-corrected chi connectivity index (χ1v) is 8.33. The number of ether oxygens (including phenoxy) is 1. The predicted molar refractivity (Wildman–Crippen MR) is 93.3 cm³/mol. The van der Waals surface area contributed by atoms with E-state index in [0.29, 0.717) is 29.9 Å². The zero-order valence-electron chi connectivity index (χ0n) is 15.0. The summed E-state index contributed by atoms with van der Waals surface area (Å²) >= 11 is 0. The summed E-state index contributed by atoms with van der Waals surface area (Å²) in [5.41, 5.74) is 1.28. The molecule has 0 radical (unpaired) electrons. The Balaban J connectivity index is 1.80. The number of imidazole rings is 1. The molecule has 1 N–H and O–H groups in total. The largest absolute Gasteiger partial charge is 0.466 e. The van der Waals surface area contributed by atoms with Gasteiger partial charge in [-0.3, -0.25) is 9.36 Å². The molecule has 136 valence electrons. The number of aromatic nitrogens is 4. The van der Waals surface area contributed by atoms with E-state index in [2.05, 4.69) is 34.3 Å². The molecule has 26 heavy (non-hydrogen) atoms. The van der Waals surface area contributed by atoms with Gasteiger partial charge in [-0.05, 0) is 36.8 Å². The van der Waals surface area contributed by atoms with Crippen LogP contribution in [0.2, 0.25) is 0 Å². The van der Waals surface area contributed by atoms with Gasteiger partial charge in [-0.1, -0.05) is 13.8 Å². The number of nitrogens with one attached hydrogen (secondary N) is 1. The molecule has 0 saturated carbocycles. The van der Waals surface area contributed by atoms with Crippen LogP contribution in [-0.2, 0) is 9.53 Å². The zero-order chi connectivity index (χ0) is 18.7. The van der Waals surface area contributed by atoms with E-state index in [1.807, 2.05) is 0 Å².